The summed E-state index contributed by atoms with van der Waals surface area (Å²) in [6.45, 7) is 6.27. The van der Waals surface area contributed by atoms with E-state index in [2.05, 4.69) is 25.9 Å². The molecular weight excluding hydrogens is 319 g/mol. The Morgan fingerprint density at radius 3 is 2.58 bits per heavy atom. The van der Waals surface area contributed by atoms with Crippen molar-refractivity contribution in [1.29, 1.82) is 0 Å². The molecule has 2 fully saturated rings. The van der Waals surface area contributed by atoms with E-state index in [1.807, 2.05) is 0 Å². The first-order valence-electron chi connectivity index (χ1n) is 8.02. The highest BCUT2D eigenvalue weighted by Gasteiger charge is 2.57. The van der Waals surface area contributed by atoms with Gasteiger partial charge in [-0.15, -0.1) is 0 Å². The maximum Gasteiger partial charge on any atom is 0.416 e. The molecule has 2 aliphatic carbocycles. The fourth-order valence-electron chi connectivity index (χ4n) is 4.23. The second kappa shape index (κ2) is 5.33. The zero-order valence-corrected chi connectivity index (χ0v) is 13.9. The molecule has 24 heavy (non-hydrogen) atoms. The number of nitrogens with zero attached hydrogens (tertiary/aromatic N) is 1. The predicted octanol–water partition coefficient (Wildman–Crippen LogP) is 5.06. The number of oxime groups is 1. The van der Waals surface area contributed by atoms with Crippen LogP contribution in [0.4, 0.5) is 13.2 Å². The summed E-state index contributed by atoms with van der Waals surface area (Å²) in [4.78, 5) is 17.1. The Morgan fingerprint density at radius 1 is 1.29 bits per heavy atom. The Labute approximate surface area is 138 Å². The molecule has 3 nitrogen and oxygen atoms in total. The minimum Gasteiger partial charge on any atom is -0.313 e. The summed E-state index contributed by atoms with van der Waals surface area (Å²) < 4.78 is 38.2. The van der Waals surface area contributed by atoms with Gasteiger partial charge in [-0.2, -0.15) is 13.2 Å². The van der Waals surface area contributed by atoms with Gasteiger partial charge in [-0.3, -0.25) is 0 Å². The van der Waals surface area contributed by atoms with Crippen LogP contribution in [0.3, 0.4) is 0 Å². The van der Waals surface area contributed by atoms with Gasteiger partial charge in [0.2, 0.25) is 0 Å². The van der Waals surface area contributed by atoms with Crippen LogP contribution >= 0.6 is 0 Å². The molecule has 1 aromatic rings. The molecule has 3 rings (SSSR count). The number of hydrogen-bond donors (Lipinski definition) is 0. The molecule has 0 aromatic heterocycles. The van der Waals surface area contributed by atoms with E-state index in [1.54, 1.807) is 0 Å². The van der Waals surface area contributed by atoms with Gasteiger partial charge in [-0.05, 0) is 43.4 Å². The first-order valence-corrected chi connectivity index (χ1v) is 8.02. The second-order valence-corrected chi connectivity index (χ2v) is 7.62. The van der Waals surface area contributed by atoms with E-state index < -0.39 is 17.7 Å². The molecule has 6 heteroatoms. The van der Waals surface area contributed by atoms with Crippen molar-refractivity contribution in [2.75, 3.05) is 0 Å². The molecule has 2 saturated carbocycles. The summed E-state index contributed by atoms with van der Waals surface area (Å²) in [5.41, 5.74) is -0.424. The van der Waals surface area contributed by atoms with Crippen molar-refractivity contribution in [3.8, 4) is 0 Å². The highest BCUT2D eigenvalue weighted by Crippen LogP contribution is 2.60. The lowest BCUT2D eigenvalue weighted by Gasteiger charge is -2.34. The fourth-order valence-corrected chi connectivity index (χ4v) is 4.23. The van der Waals surface area contributed by atoms with Crippen molar-refractivity contribution < 1.29 is 22.8 Å². The average Bonchev–Trinajstić information content (AvgIpc) is 2.97. The molecule has 0 heterocycles. The van der Waals surface area contributed by atoms with Crippen molar-refractivity contribution >= 4 is 11.7 Å². The highest BCUT2D eigenvalue weighted by atomic mass is 19.4. The van der Waals surface area contributed by atoms with Crippen LogP contribution in [0, 0.1) is 16.7 Å². The van der Waals surface area contributed by atoms with Gasteiger partial charge < -0.3 is 4.84 Å². The molecule has 2 bridgehead atoms. The van der Waals surface area contributed by atoms with Crippen LogP contribution in [0.25, 0.3) is 0 Å². The Balaban J connectivity index is 1.81. The molecule has 0 spiro atoms. The van der Waals surface area contributed by atoms with Gasteiger partial charge >= 0.3 is 12.1 Å². The Bertz CT molecular complexity index is 702. The van der Waals surface area contributed by atoms with E-state index >= 15 is 0 Å². The molecule has 0 amide bonds. The number of benzene rings is 1. The Hall–Kier alpha value is -1.85. The number of carbonyl (C=O) groups is 1. The fraction of sp³-hybridized carbons (Fsp3) is 0.556. The SMILES string of the molecule is CC12CCC(C1)C(C)(C)C2=NOC(=O)c1cccc(C(F)(F)F)c1. The van der Waals surface area contributed by atoms with Gasteiger partial charge in [0.05, 0.1) is 16.8 Å². The number of fused-ring (bicyclic) bond motifs is 2. The van der Waals surface area contributed by atoms with Gasteiger partial charge in [0.1, 0.15) is 0 Å². The van der Waals surface area contributed by atoms with Crippen LogP contribution in [0.5, 0.6) is 0 Å². The third kappa shape index (κ3) is 2.72. The van der Waals surface area contributed by atoms with Crippen molar-refractivity contribution in [3.63, 3.8) is 0 Å². The molecule has 130 valence electrons. The standard InChI is InChI=1S/C18H20F3NO2/c1-16(2)13-7-8-17(3,10-13)15(16)22-24-14(23)11-5-4-6-12(9-11)18(19,20)21/h4-6,9,13H,7-8,10H2,1-3H3. The van der Waals surface area contributed by atoms with E-state index in [0.717, 1.165) is 37.1 Å². The summed E-state index contributed by atoms with van der Waals surface area (Å²) in [6, 6.07) is 4.19. The van der Waals surface area contributed by atoms with Crippen LogP contribution in [-0.4, -0.2) is 11.7 Å². The van der Waals surface area contributed by atoms with Crippen LogP contribution in [0.15, 0.2) is 29.4 Å². The topological polar surface area (TPSA) is 38.7 Å². The maximum absolute atomic E-state index is 12.7. The molecule has 0 saturated heterocycles. The normalized spacial score (nSPS) is 29.9. The first-order chi connectivity index (χ1) is 11.0. The van der Waals surface area contributed by atoms with Crippen molar-refractivity contribution in [2.45, 2.75) is 46.2 Å². The molecule has 1 aromatic carbocycles. The van der Waals surface area contributed by atoms with E-state index in [-0.39, 0.29) is 16.4 Å². The Kier molecular flexibility index (Phi) is 3.77. The van der Waals surface area contributed by atoms with Gasteiger partial charge in [0.25, 0.3) is 0 Å². The van der Waals surface area contributed by atoms with Crippen LogP contribution < -0.4 is 0 Å². The van der Waals surface area contributed by atoms with Crippen molar-refractivity contribution in [3.05, 3.63) is 35.4 Å². The average molecular weight is 339 g/mol. The van der Waals surface area contributed by atoms with Gasteiger partial charge in [-0.1, -0.05) is 32.0 Å². The first kappa shape index (κ1) is 17.0. The van der Waals surface area contributed by atoms with Gasteiger partial charge in [0, 0.05) is 10.8 Å². The monoisotopic (exact) mass is 339 g/mol. The van der Waals surface area contributed by atoms with E-state index in [0.29, 0.717) is 5.92 Å². The van der Waals surface area contributed by atoms with Gasteiger partial charge in [0.15, 0.2) is 0 Å². The minimum absolute atomic E-state index is 0.0811. The summed E-state index contributed by atoms with van der Waals surface area (Å²) >= 11 is 0. The minimum atomic E-state index is -4.50. The molecule has 0 radical (unpaired) electrons. The van der Waals surface area contributed by atoms with Crippen molar-refractivity contribution in [1.82, 2.24) is 0 Å². The summed E-state index contributed by atoms with van der Waals surface area (Å²) in [5, 5.41) is 4.08. The number of alkyl halides is 3. The predicted molar refractivity (Wildman–Crippen MR) is 83.5 cm³/mol. The number of halogens is 3. The second-order valence-electron chi connectivity index (χ2n) is 7.62. The summed E-state index contributed by atoms with van der Waals surface area (Å²) in [6.07, 6.45) is -1.35. The molecule has 2 unspecified atom stereocenters. The van der Waals surface area contributed by atoms with Crippen LogP contribution in [-0.2, 0) is 11.0 Å². The van der Waals surface area contributed by atoms with Crippen LogP contribution in [0.1, 0.15) is 56.0 Å². The highest BCUT2D eigenvalue weighted by molar-refractivity contribution is 5.98. The lowest BCUT2D eigenvalue weighted by molar-refractivity contribution is -0.137. The Morgan fingerprint density at radius 2 is 2.00 bits per heavy atom. The third-order valence-corrected chi connectivity index (χ3v) is 5.59. The van der Waals surface area contributed by atoms with E-state index in [1.165, 1.54) is 12.1 Å². The van der Waals surface area contributed by atoms with Gasteiger partial charge in [-0.25, -0.2) is 4.79 Å². The number of rotatable bonds is 2. The zero-order valence-electron chi connectivity index (χ0n) is 13.9. The van der Waals surface area contributed by atoms with Crippen LogP contribution in [0.2, 0.25) is 0 Å². The maximum atomic E-state index is 12.7. The lowest BCUT2D eigenvalue weighted by Crippen LogP contribution is -2.36. The lowest BCUT2D eigenvalue weighted by atomic mass is 9.71. The summed E-state index contributed by atoms with van der Waals surface area (Å²) in [5.74, 6) is -0.357. The molecule has 2 aliphatic rings. The molecule has 0 N–H and O–H groups in total. The zero-order chi connectivity index (χ0) is 17.8. The third-order valence-electron chi connectivity index (χ3n) is 5.59. The smallest absolute Gasteiger partial charge is 0.313 e. The van der Waals surface area contributed by atoms with E-state index in [4.69, 9.17) is 4.84 Å². The van der Waals surface area contributed by atoms with E-state index in [9.17, 15) is 18.0 Å². The number of carbonyl (C=O) groups excluding carboxylic acids is 1. The quantitative estimate of drug-likeness (QED) is 0.558. The number of hydrogen-bond acceptors (Lipinski definition) is 3. The van der Waals surface area contributed by atoms with Crippen molar-refractivity contribution in [2.24, 2.45) is 21.9 Å². The molecule has 2 atom stereocenters. The summed E-state index contributed by atoms with van der Waals surface area (Å²) in [7, 11) is 0. The molecule has 0 aliphatic heterocycles. The molecular formula is C18H20F3NO2. The largest absolute Gasteiger partial charge is 0.416 e.